The van der Waals surface area contributed by atoms with Gasteiger partial charge in [0.2, 0.25) is 0 Å². The Morgan fingerprint density at radius 1 is 1.04 bits per heavy atom. The standard InChI is InChI=1S/C19H17FN2O2/c20-16-8-4-3-7-15(16)12-22-17(23)19(21-18(22)24)10-9-13-5-1-2-6-14(13)11-19/h1-8H,9-12H2,(H,21,24). The number of nitrogens with zero attached hydrogens (tertiary/aromatic N) is 1. The van der Waals surface area contributed by atoms with Crippen LogP contribution in [0.5, 0.6) is 0 Å². The zero-order chi connectivity index (χ0) is 16.7. The number of benzene rings is 2. The van der Waals surface area contributed by atoms with Crippen LogP contribution in [0.4, 0.5) is 9.18 Å². The summed E-state index contributed by atoms with van der Waals surface area (Å²) in [5.41, 5.74) is 1.76. The molecule has 4 rings (SSSR count). The van der Waals surface area contributed by atoms with Gasteiger partial charge >= 0.3 is 6.03 Å². The van der Waals surface area contributed by atoms with Crippen LogP contribution >= 0.6 is 0 Å². The van der Waals surface area contributed by atoms with Crippen molar-refractivity contribution >= 4 is 11.9 Å². The number of nitrogens with one attached hydrogen (secondary N) is 1. The molecule has 3 amide bonds. The zero-order valence-corrected chi connectivity index (χ0v) is 13.1. The highest BCUT2D eigenvalue weighted by atomic mass is 19.1. The van der Waals surface area contributed by atoms with E-state index in [0.717, 1.165) is 16.9 Å². The number of imide groups is 1. The fraction of sp³-hybridized carbons (Fsp3) is 0.263. The van der Waals surface area contributed by atoms with Crippen molar-refractivity contribution in [2.24, 2.45) is 0 Å². The van der Waals surface area contributed by atoms with Crippen LogP contribution in [0.15, 0.2) is 48.5 Å². The number of hydrogen-bond acceptors (Lipinski definition) is 2. The van der Waals surface area contributed by atoms with Gasteiger partial charge < -0.3 is 5.32 Å². The summed E-state index contributed by atoms with van der Waals surface area (Å²) >= 11 is 0. The molecule has 0 aromatic heterocycles. The Morgan fingerprint density at radius 2 is 1.75 bits per heavy atom. The molecule has 1 unspecified atom stereocenters. The van der Waals surface area contributed by atoms with Crippen molar-refractivity contribution in [1.82, 2.24) is 10.2 Å². The molecule has 0 bridgehead atoms. The molecule has 4 nitrogen and oxygen atoms in total. The van der Waals surface area contributed by atoms with Gasteiger partial charge in [-0.1, -0.05) is 42.5 Å². The van der Waals surface area contributed by atoms with Gasteiger partial charge in [0.15, 0.2) is 0 Å². The average Bonchev–Trinajstić information content (AvgIpc) is 2.81. The molecular formula is C19H17FN2O2. The van der Waals surface area contributed by atoms with Gasteiger partial charge in [-0.3, -0.25) is 9.69 Å². The van der Waals surface area contributed by atoms with E-state index >= 15 is 0 Å². The molecule has 1 spiro atoms. The molecule has 2 aromatic rings. The van der Waals surface area contributed by atoms with Crippen LogP contribution in [0.1, 0.15) is 23.1 Å². The summed E-state index contributed by atoms with van der Waals surface area (Å²) in [6.07, 6.45) is 1.81. The number of halogens is 1. The maximum Gasteiger partial charge on any atom is 0.325 e. The van der Waals surface area contributed by atoms with Crippen molar-refractivity contribution < 1.29 is 14.0 Å². The van der Waals surface area contributed by atoms with Gasteiger partial charge in [-0.25, -0.2) is 9.18 Å². The number of carbonyl (C=O) groups is 2. The third kappa shape index (κ3) is 2.28. The van der Waals surface area contributed by atoms with E-state index in [1.54, 1.807) is 18.2 Å². The second-order valence-corrected chi connectivity index (χ2v) is 6.44. The van der Waals surface area contributed by atoms with Crippen molar-refractivity contribution in [3.05, 3.63) is 71.0 Å². The van der Waals surface area contributed by atoms with Crippen LogP contribution in [0, 0.1) is 5.82 Å². The lowest BCUT2D eigenvalue weighted by atomic mass is 9.78. The molecule has 1 fully saturated rings. The summed E-state index contributed by atoms with van der Waals surface area (Å²) in [7, 11) is 0. The minimum atomic E-state index is -0.892. The first-order valence-electron chi connectivity index (χ1n) is 8.03. The summed E-state index contributed by atoms with van der Waals surface area (Å²) in [6, 6.07) is 13.7. The number of fused-ring (bicyclic) bond motifs is 1. The smallest absolute Gasteiger partial charge is 0.323 e. The molecule has 5 heteroatoms. The van der Waals surface area contributed by atoms with E-state index in [0.29, 0.717) is 18.4 Å². The predicted molar refractivity (Wildman–Crippen MR) is 86.7 cm³/mol. The lowest BCUT2D eigenvalue weighted by Gasteiger charge is -2.32. The highest BCUT2D eigenvalue weighted by Gasteiger charge is 2.52. The van der Waals surface area contributed by atoms with E-state index in [1.165, 1.54) is 11.6 Å². The van der Waals surface area contributed by atoms with Gasteiger partial charge in [-0.05, 0) is 30.0 Å². The Kier molecular flexibility index (Phi) is 3.37. The van der Waals surface area contributed by atoms with Crippen LogP contribution in [0.25, 0.3) is 0 Å². The van der Waals surface area contributed by atoms with Crippen LogP contribution in [0.3, 0.4) is 0 Å². The van der Waals surface area contributed by atoms with Gasteiger partial charge in [0.05, 0.1) is 6.54 Å². The summed E-state index contributed by atoms with van der Waals surface area (Å²) in [5, 5.41) is 2.86. The third-order valence-electron chi connectivity index (χ3n) is 4.96. The molecule has 24 heavy (non-hydrogen) atoms. The van der Waals surface area contributed by atoms with Gasteiger partial charge in [0, 0.05) is 12.0 Å². The van der Waals surface area contributed by atoms with Crippen molar-refractivity contribution in [3.8, 4) is 0 Å². The normalized spacial score (nSPS) is 22.6. The summed E-state index contributed by atoms with van der Waals surface area (Å²) < 4.78 is 13.9. The zero-order valence-electron chi connectivity index (χ0n) is 13.1. The molecule has 2 aliphatic rings. The second-order valence-electron chi connectivity index (χ2n) is 6.44. The van der Waals surface area contributed by atoms with E-state index in [-0.39, 0.29) is 12.5 Å². The Bertz CT molecular complexity index is 836. The summed E-state index contributed by atoms with van der Waals surface area (Å²) in [4.78, 5) is 26.4. The minimum Gasteiger partial charge on any atom is -0.323 e. The van der Waals surface area contributed by atoms with Crippen molar-refractivity contribution in [2.45, 2.75) is 31.3 Å². The van der Waals surface area contributed by atoms with Gasteiger partial charge in [0.25, 0.3) is 5.91 Å². The molecular weight excluding hydrogens is 307 g/mol. The summed E-state index contributed by atoms with van der Waals surface area (Å²) in [5.74, 6) is -0.668. The predicted octanol–water partition coefficient (Wildman–Crippen LogP) is 2.81. The fourth-order valence-electron chi connectivity index (χ4n) is 3.64. The quantitative estimate of drug-likeness (QED) is 0.864. The maximum atomic E-state index is 13.9. The molecule has 1 atom stereocenters. The number of hydrogen-bond donors (Lipinski definition) is 1. The van der Waals surface area contributed by atoms with Crippen molar-refractivity contribution in [3.63, 3.8) is 0 Å². The fourth-order valence-corrected chi connectivity index (χ4v) is 3.64. The van der Waals surface area contributed by atoms with Crippen molar-refractivity contribution in [2.75, 3.05) is 0 Å². The first-order chi connectivity index (χ1) is 11.6. The number of carbonyl (C=O) groups excluding carboxylic acids is 2. The minimum absolute atomic E-state index is 0.0409. The lowest BCUT2D eigenvalue weighted by Crippen LogP contribution is -2.51. The Morgan fingerprint density at radius 3 is 2.54 bits per heavy atom. The molecule has 122 valence electrons. The summed E-state index contributed by atoms with van der Waals surface area (Å²) in [6.45, 7) is -0.0409. The molecule has 2 aromatic carbocycles. The van der Waals surface area contributed by atoms with Gasteiger partial charge in [-0.15, -0.1) is 0 Å². The van der Waals surface area contributed by atoms with E-state index in [1.807, 2.05) is 18.2 Å². The number of aryl methyl sites for hydroxylation is 1. The first-order valence-corrected chi connectivity index (χ1v) is 8.03. The Labute approximate surface area is 139 Å². The first kappa shape index (κ1) is 14.9. The van der Waals surface area contributed by atoms with Crippen LogP contribution in [-0.2, 0) is 24.2 Å². The van der Waals surface area contributed by atoms with Gasteiger partial charge in [0.1, 0.15) is 11.4 Å². The van der Waals surface area contributed by atoms with E-state index in [4.69, 9.17) is 0 Å². The highest BCUT2D eigenvalue weighted by Crippen LogP contribution is 2.34. The van der Waals surface area contributed by atoms with Crippen LogP contribution in [-0.4, -0.2) is 22.4 Å². The molecule has 1 heterocycles. The van der Waals surface area contributed by atoms with E-state index < -0.39 is 17.4 Å². The Balaban J connectivity index is 1.62. The van der Waals surface area contributed by atoms with E-state index in [2.05, 4.69) is 11.4 Å². The molecule has 1 aliphatic carbocycles. The van der Waals surface area contributed by atoms with Crippen LogP contribution in [0.2, 0.25) is 0 Å². The largest absolute Gasteiger partial charge is 0.325 e. The topological polar surface area (TPSA) is 49.4 Å². The molecule has 1 N–H and O–H groups in total. The molecule has 0 radical (unpaired) electrons. The number of urea groups is 1. The highest BCUT2D eigenvalue weighted by molar-refractivity contribution is 6.07. The molecule has 1 aliphatic heterocycles. The monoisotopic (exact) mass is 324 g/mol. The average molecular weight is 324 g/mol. The van der Waals surface area contributed by atoms with Gasteiger partial charge in [-0.2, -0.15) is 0 Å². The molecule has 0 saturated carbocycles. The SMILES string of the molecule is O=C1NC2(CCc3ccccc3C2)C(=O)N1Cc1ccccc1F. The molecule has 1 saturated heterocycles. The van der Waals surface area contributed by atoms with Crippen LogP contribution < -0.4 is 5.32 Å². The number of amides is 3. The van der Waals surface area contributed by atoms with E-state index in [9.17, 15) is 14.0 Å². The second kappa shape index (κ2) is 5.44. The number of rotatable bonds is 2. The Hall–Kier alpha value is -2.69. The lowest BCUT2D eigenvalue weighted by molar-refractivity contribution is -0.132. The third-order valence-corrected chi connectivity index (χ3v) is 4.96. The van der Waals surface area contributed by atoms with Crippen molar-refractivity contribution in [1.29, 1.82) is 0 Å². The maximum absolute atomic E-state index is 13.9.